The Bertz CT molecular complexity index is 417. The van der Waals surface area contributed by atoms with Crippen LogP contribution >= 0.6 is 0 Å². The van der Waals surface area contributed by atoms with Gasteiger partial charge in [-0.25, -0.2) is 0 Å². The van der Waals surface area contributed by atoms with Gasteiger partial charge in [-0.2, -0.15) is 5.26 Å². The Morgan fingerprint density at radius 1 is 1.16 bits per heavy atom. The summed E-state index contributed by atoms with van der Waals surface area (Å²) in [6, 6.07) is 10.5. The molecule has 0 bridgehead atoms. The zero-order valence-corrected chi connectivity index (χ0v) is 12.4. The van der Waals surface area contributed by atoms with E-state index in [-0.39, 0.29) is 0 Å². The molecular weight excluding hydrogens is 236 g/mol. The summed E-state index contributed by atoms with van der Waals surface area (Å²) in [5, 5.41) is 9.50. The normalized spacial score (nSPS) is 13.9. The Labute approximate surface area is 116 Å². The molecule has 0 aliphatic carbocycles. The van der Waals surface area contributed by atoms with Crippen molar-refractivity contribution >= 4 is 0 Å². The lowest BCUT2D eigenvalue weighted by atomic mass is 9.92. The van der Waals surface area contributed by atoms with E-state index in [1.807, 2.05) is 38.1 Å². The van der Waals surface area contributed by atoms with Crippen molar-refractivity contribution in [2.24, 2.45) is 0 Å². The van der Waals surface area contributed by atoms with Crippen LogP contribution in [0.15, 0.2) is 24.3 Å². The Hall–Kier alpha value is -1.53. The van der Waals surface area contributed by atoms with Crippen molar-refractivity contribution in [3.63, 3.8) is 0 Å². The van der Waals surface area contributed by atoms with Gasteiger partial charge in [0.25, 0.3) is 0 Å². The highest BCUT2D eigenvalue weighted by Gasteiger charge is 2.30. The summed E-state index contributed by atoms with van der Waals surface area (Å²) in [5.41, 5.74) is 0.718. The quantitative estimate of drug-likeness (QED) is 0.755. The van der Waals surface area contributed by atoms with Crippen LogP contribution in [0, 0.1) is 11.3 Å². The van der Waals surface area contributed by atoms with Crippen LogP contribution in [-0.4, -0.2) is 30.1 Å². The second kappa shape index (κ2) is 7.16. The van der Waals surface area contributed by atoms with E-state index in [0.717, 1.165) is 25.3 Å². The van der Waals surface area contributed by atoms with Gasteiger partial charge in [0.1, 0.15) is 11.3 Å². The van der Waals surface area contributed by atoms with E-state index >= 15 is 0 Å². The third-order valence-electron chi connectivity index (χ3n) is 3.48. The van der Waals surface area contributed by atoms with Crippen molar-refractivity contribution in [3.8, 4) is 11.8 Å². The molecule has 1 unspecified atom stereocenters. The first kappa shape index (κ1) is 15.5. The molecule has 0 amide bonds. The molecule has 0 saturated heterocycles. The molecule has 0 spiro atoms. The van der Waals surface area contributed by atoms with Crippen molar-refractivity contribution in [1.82, 2.24) is 4.90 Å². The van der Waals surface area contributed by atoms with Crippen molar-refractivity contribution < 1.29 is 4.74 Å². The molecule has 104 valence electrons. The Morgan fingerprint density at radius 3 is 2.16 bits per heavy atom. The molecule has 0 aliphatic rings. The summed E-state index contributed by atoms with van der Waals surface area (Å²) >= 11 is 0. The van der Waals surface area contributed by atoms with Gasteiger partial charge in [0.15, 0.2) is 0 Å². The summed E-state index contributed by atoms with van der Waals surface area (Å²) in [6.45, 7) is 10.6. The highest BCUT2D eigenvalue weighted by atomic mass is 16.5. The Balaban J connectivity index is 2.83. The molecule has 1 aromatic carbocycles. The molecule has 0 aromatic heterocycles. The van der Waals surface area contributed by atoms with Crippen molar-refractivity contribution in [3.05, 3.63) is 29.8 Å². The van der Waals surface area contributed by atoms with Crippen LogP contribution in [0.1, 0.15) is 33.3 Å². The molecule has 0 radical (unpaired) electrons. The van der Waals surface area contributed by atoms with Gasteiger partial charge in [-0.15, -0.1) is 0 Å². The fourth-order valence-corrected chi connectivity index (χ4v) is 2.41. The molecule has 0 aliphatic heterocycles. The zero-order chi connectivity index (χ0) is 14.3. The molecule has 0 N–H and O–H groups in total. The van der Waals surface area contributed by atoms with Crippen LogP contribution in [-0.2, 0) is 6.42 Å². The van der Waals surface area contributed by atoms with Gasteiger partial charge in [-0.1, -0.05) is 26.0 Å². The first-order valence-electron chi connectivity index (χ1n) is 6.97. The van der Waals surface area contributed by atoms with Crippen molar-refractivity contribution in [2.75, 3.05) is 19.7 Å². The molecule has 1 rings (SSSR count). The van der Waals surface area contributed by atoms with Gasteiger partial charge in [-0.3, -0.25) is 4.90 Å². The summed E-state index contributed by atoms with van der Waals surface area (Å²) < 4.78 is 5.43. The second-order valence-electron chi connectivity index (χ2n) is 4.81. The van der Waals surface area contributed by atoms with E-state index in [1.165, 1.54) is 5.56 Å². The lowest BCUT2D eigenvalue weighted by molar-refractivity contribution is 0.169. The van der Waals surface area contributed by atoms with E-state index in [4.69, 9.17) is 4.74 Å². The van der Waals surface area contributed by atoms with Gasteiger partial charge in [0.05, 0.1) is 12.7 Å². The number of rotatable bonds is 7. The molecule has 0 saturated carbocycles. The molecule has 1 aromatic rings. The number of benzene rings is 1. The molecule has 3 heteroatoms. The molecule has 0 heterocycles. The van der Waals surface area contributed by atoms with Crippen LogP contribution < -0.4 is 4.74 Å². The van der Waals surface area contributed by atoms with E-state index in [9.17, 15) is 5.26 Å². The van der Waals surface area contributed by atoms with Gasteiger partial charge < -0.3 is 4.74 Å². The third-order valence-corrected chi connectivity index (χ3v) is 3.48. The van der Waals surface area contributed by atoms with Gasteiger partial charge in [0, 0.05) is 6.42 Å². The molecule has 0 fully saturated rings. The monoisotopic (exact) mass is 260 g/mol. The zero-order valence-electron chi connectivity index (χ0n) is 12.4. The highest BCUT2D eigenvalue weighted by molar-refractivity contribution is 5.29. The number of likely N-dealkylation sites (N-methyl/N-ethyl adjacent to an activating group) is 1. The average molecular weight is 260 g/mol. The lowest BCUT2D eigenvalue weighted by Crippen LogP contribution is -2.46. The van der Waals surface area contributed by atoms with Gasteiger partial charge in [-0.05, 0) is 44.6 Å². The van der Waals surface area contributed by atoms with Gasteiger partial charge in [0.2, 0.25) is 0 Å². The maximum atomic E-state index is 9.50. The number of hydrogen-bond donors (Lipinski definition) is 0. The largest absolute Gasteiger partial charge is 0.494 e. The average Bonchev–Trinajstić information content (AvgIpc) is 2.42. The topological polar surface area (TPSA) is 36.3 Å². The first-order chi connectivity index (χ1) is 9.09. The summed E-state index contributed by atoms with van der Waals surface area (Å²) in [7, 11) is 0. The SMILES string of the molecule is CCOc1ccc(CC(C)(C#N)N(CC)CC)cc1. The number of hydrogen-bond acceptors (Lipinski definition) is 3. The first-order valence-corrected chi connectivity index (χ1v) is 6.97. The number of nitriles is 1. The Morgan fingerprint density at radius 2 is 1.74 bits per heavy atom. The fourth-order valence-electron chi connectivity index (χ4n) is 2.41. The fraction of sp³-hybridized carbons (Fsp3) is 0.562. The van der Waals surface area contributed by atoms with Gasteiger partial charge >= 0.3 is 0 Å². The molecular formula is C16H24N2O. The highest BCUT2D eigenvalue weighted by Crippen LogP contribution is 2.22. The Kier molecular flexibility index (Phi) is 5.85. The third kappa shape index (κ3) is 3.97. The predicted molar refractivity (Wildman–Crippen MR) is 78.3 cm³/mol. The van der Waals surface area contributed by atoms with Crippen LogP contribution in [0.4, 0.5) is 0 Å². The van der Waals surface area contributed by atoms with Crippen LogP contribution in [0.2, 0.25) is 0 Å². The molecule has 1 atom stereocenters. The maximum Gasteiger partial charge on any atom is 0.119 e. The van der Waals surface area contributed by atoms with Crippen LogP contribution in [0.3, 0.4) is 0 Å². The van der Waals surface area contributed by atoms with Crippen molar-refractivity contribution in [2.45, 2.75) is 39.7 Å². The second-order valence-corrected chi connectivity index (χ2v) is 4.81. The minimum Gasteiger partial charge on any atom is -0.494 e. The minimum absolute atomic E-state index is 0.448. The van der Waals surface area contributed by atoms with E-state index in [2.05, 4.69) is 24.8 Å². The minimum atomic E-state index is -0.448. The smallest absolute Gasteiger partial charge is 0.119 e. The maximum absolute atomic E-state index is 9.50. The lowest BCUT2D eigenvalue weighted by Gasteiger charge is -2.34. The van der Waals surface area contributed by atoms with E-state index in [0.29, 0.717) is 6.61 Å². The van der Waals surface area contributed by atoms with E-state index in [1.54, 1.807) is 0 Å². The van der Waals surface area contributed by atoms with Crippen LogP contribution in [0.25, 0.3) is 0 Å². The number of ether oxygens (including phenoxy) is 1. The summed E-state index contributed by atoms with van der Waals surface area (Å²) in [5.74, 6) is 0.882. The summed E-state index contributed by atoms with van der Waals surface area (Å²) in [4.78, 5) is 2.20. The molecule has 19 heavy (non-hydrogen) atoms. The summed E-state index contributed by atoms with van der Waals surface area (Å²) in [6.07, 6.45) is 0.734. The van der Waals surface area contributed by atoms with Crippen LogP contribution in [0.5, 0.6) is 5.75 Å². The molecule has 3 nitrogen and oxygen atoms in total. The van der Waals surface area contributed by atoms with Crippen molar-refractivity contribution in [1.29, 1.82) is 5.26 Å². The number of nitrogens with zero attached hydrogens (tertiary/aromatic N) is 2. The standard InChI is InChI=1S/C16H24N2O/c1-5-18(6-2)16(4,13-17)12-14-8-10-15(11-9-14)19-7-3/h8-11H,5-7,12H2,1-4H3. The van der Waals surface area contributed by atoms with E-state index < -0.39 is 5.54 Å². The predicted octanol–water partition coefficient (Wildman–Crippen LogP) is 3.25.